The van der Waals surface area contributed by atoms with Gasteiger partial charge >= 0.3 is 5.97 Å². The molecule has 0 radical (unpaired) electrons. The number of anilines is 1. The van der Waals surface area contributed by atoms with Crippen LogP contribution in [0.1, 0.15) is 33.5 Å². The van der Waals surface area contributed by atoms with E-state index in [2.05, 4.69) is 5.32 Å². The zero-order valence-electron chi connectivity index (χ0n) is 13.6. The van der Waals surface area contributed by atoms with Gasteiger partial charge in [0.15, 0.2) is 6.10 Å². The normalized spacial score (nSPS) is 13.9. The van der Waals surface area contributed by atoms with Gasteiger partial charge < -0.3 is 14.8 Å². The lowest BCUT2D eigenvalue weighted by Crippen LogP contribution is -2.29. The number of hydrogen-bond donors (Lipinski definition) is 1. The van der Waals surface area contributed by atoms with Crippen LogP contribution in [-0.4, -0.2) is 25.1 Å². The Morgan fingerprint density at radius 3 is 2.79 bits per heavy atom. The van der Waals surface area contributed by atoms with E-state index in [1.54, 1.807) is 25.1 Å². The van der Waals surface area contributed by atoms with Crippen LogP contribution in [0.3, 0.4) is 0 Å². The SMILES string of the molecule is COc1ccccc1NC(=O)C(C)OC(=O)c1cc2c(s1)CCC2. The fourth-order valence-electron chi connectivity index (χ4n) is 2.68. The summed E-state index contributed by atoms with van der Waals surface area (Å²) >= 11 is 1.47. The standard InChI is InChI=1S/C18H19NO4S/c1-11(17(20)19-13-7-3-4-8-14(13)22-2)23-18(21)16-10-12-6-5-9-15(12)24-16/h3-4,7-8,10-11H,5-6,9H2,1-2H3,(H,19,20). The quantitative estimate of drug-likeness (QED) is 0.843. The molecule has 5 nitrogen and oxygen atoms in total. The van der Waals surface area contributed by atoms with E-state index in [1.807, 2.05) is 12.1 Å². The van der Waals surface area contributed by atoms with Gasteiger partial charge in [0, 0.05) is 4.88 Å². The van der Waals surface area contributed by atoms with Crippen LogP contribution in [0.5, 0.6) is 5.75 Å². The molecule has 3 rings (SSSR count). The smallest absolute Gasteiger partial charge is 0.349 e. The molecule has 6 heteroatoms. The second-order valence-corrected chi connectivity index (χ2v) is 6.79. The van der Waals surface area contributed by atoms with Crippen molar-refractivity contribution in [3.63, 3.8) is 0 Å². The van der Waals surface area contributed by atoms with Crippen LogP contribution in [0.2, 0.25) is 0 Å². The van der Waals surface area contributed by atoms with Gasteiger partial charge in [0.25, 0.3) is 5.91 Å². The van der Waals surface area contributed by atoms with Crippen LogP contribution in [0.4, 0.5) is 5.69 Å². The number of nitrogens with one attached hydrogen (secondary N) is 1. The summed E-state index contributed by atoms with van der Waals surface area (Å²) in [7, 11) is 1.53. The minimum absolute atomic E-state index is 0.392. The molecule has 2 aromatic rings. The van der Waals surface area contributed by atoms with Gasteiger partial charge in [0.05, 0.1) is 12.8 Å². The fraction of sp³-hybridized carbons (Fsp3) is 0.333. The highest BCUT2D eigenvalue weighted by Gasteiger charge is 2.23. The lowest BCUT2D eigenvalue weighted by Gasteiger charge is -2.14. The van der Waals surface area contributed by atoms with E-state index in [0.717, 1.165) is 19.3 Å². The number of thiophene rings is 1. The molecule has 0 bridgehead atoms. The molecule has 1 aliphatic rings. The van der Waals surface area contributed by atoms with Gasteiger partial charge in [-0.25, -0.2) is 4.79 Å². The van der Waals surface area contributed by atoms with Gasteiger partial charge in [-0.05, 0) is 49.9 Å². The van der Waals surface area contributed by atoms with E-state index in [-0.39, 0.29) is 0 Å². The zero-order chi connectivity index (χ0) is 17.1. The number of benzene rings is 1. The lowest BCUT2D eigenvalue weighted by atomic mass is 10.2. The maximum atomic E-state index is 12.2. The molecule has 1 aromatic carbocycles. The Bertz CT molecular complexity index is 747. The Morgan fingerprint density at radius 1 is 1.25 bits per heavy atom. The van der Waals surface area contributed by atoms with Crippen molar-refractivity contribution in [2.24, 2.45) is 0 Å². The molecule has 0 saturated carbocycles. The first-order valence-corrected chi connectivity index (χ1v) is 8.66. The van der Waals surface area contributed by atoms with Gasteiger partial charge in [-0.1, -0.05) is 12.1 Å². The summed E-state index contributed by atoms with van der Waals surface area (Å²) < 4.78 is 10.5. The molecule has 1 heterocycles. The van der Waals surface area contributed by atoms with Crippen LogP contribution in [-0.2, 0) is 22.4 Å². The van der Waals surface area contributed by atoms with Crippen LogP contribution < -0.4 is 10.1 Å². The van der Waals surface area contributed by atoms with Crippen molar-refractivity contribution in [1.29, 1.82) is 0 Å². The topological polar surface area (TPSA) is 64.6 Å². The number of methoxy groups -OCH3 is 1. The Balaban J connectivity index is 1.62. The Kier molecular flexibility index (Phi) is 4.85. The number of hydrogen-bond acceptors (Lipinski definition) is 5. The van der Waals surface area contributed by atoms with Crippen LogP contribution in [0, 0.1) is 0 Å². The van der Waals surface area contributed by atoms with E-state index in [0.29, 0.717) is 16.3 Å². The zero-order valence-corrected chi connectivity index (χ0v) is 14.4. The van der Waals surface area contributed by atoms with E-state index in [9.17, 15) is 9.59 Å². The third kappa shape index (κ3) is 3.43. The molecule has 0 fully saturated rings. The summed E-state index contributed by atoms with van der Waals surface area (Å²) in [5, 5.41) is 2.72. The van der Waals surface area contributed by atoms with Crippen molar-refractivity contribution < 1.29 is 19.1 Å². The minimum Gasteiger partial charge on any atom is -0.495 e. The molecular weight excluding hydrogens is 326 g/mol. The van der Waals surface area contributed by atoms with E-state index in [4.69, 9.17) is 9.47 Å². The van der Waals surface area contributed by atoms with Crippen molar-refractivity contribution >= 4 is 28.9 Å². The molecule has 0 spiro atoms. The molecule has 24 heavy (non-hydrogen) atoms. The van der Waals surface area contributed by atoms with Crippen molar-refractivity contribution in [3.8, 4) is 5.75 Å². The molecular formula is C18H19NO4S. The monoisotopic (exact) mass is 345 g/mol. The predicted molar refractivity (Wildman–Crippen MR) is 92.8 cm³/mol. The first-order valence-electron chi connectivity index (χ1n) is 7.85. The van der Waals surface area contributed by atoms with Crippen LogP contribution in [0.15, 0.2) is 30.3 Å². The van der Waals surface area contributed by atoms with Crippen molar-refractivity contribution in [1.82, 2.24) is 0 Å². The first-order chi connectivity index (χ1) is 11.6. The van der Waals surface area contributed by atoms with E-state index in [1.165, 1.54) is 28.9 Å². The average Bonchev–Trinajstić information content (AvgIpc) is 3.16. The molecule has 1 unspecified atom stereocenters. The fourth-order valence-corrected chi connectivity index (χ4v) is 3.82. The second kappa shape index (κ2) is 7.05. The molecule has 1 atom stereocenters. The molecule has 1 N–H and O–H groups in total. The highest BCUT2D eigenvalue weighted by atomic mass is 32.1. The molecule has 0 saturated heterocycles. The maximum Gasteiger partial charge on any atom is 0.349 e. The van der Waals surface area contributed by atoms with E-state index < -0.39 is 18.0 Å². The number of ether oxygens (including phenoxy) is 2. The third-order valence-electron chi connectivity index (χ3n) is 3.97. The van der Waals surface area contributed by atoms with Crippen LogP contribution in [0.25, 0.3) is 0 Å². The highest BCUT2D eigenvalue weighted by Crippen LogP contribution is 2.31. The number of rotatable bonds is 5. The second-order valence-electron chi connectivity index (χ2n) is 5.65. The average molecular weight is 345 g/mol. The molecule has 1 amide bonds. The predicted octanol–water partition coefficient (Wildman–Crippen LogP) is 3.43. The van der Waals surface area contributed by atoms with Crippen LogP contribution >= 0.6 is 11.3 Å². The van der Waals surface area contributed by atoms with E-state index >= 15 is 0 Å². The number of fused-ring (bicyclic) bond motifs is 1. The number of para-hydroxylation sites is 2. The summed E-state index contributed by atoms with van der Waals surface area (Å²) in [5.74, 6) is -0.284. The summed E-state index contributed by atoms with van der Waals surface area (Å²) in [6.45, 7) is 1.56. The van der Waals surface area contributed by atoms with Gasteiger partial charge in [0.2, 0.25) is 0 Å². The summed E-state index contributed by atoms with van der Waals surface area (Å²) in [6.07, 6.45) is 2.30. The Morgan fingerprint density at radius 2 is 2.04 bits per heavy atom. The number of aryl methyl sites for hydroxylation is 2. The minimum atomic E-state index is -0.889. The van der Waals surface area contributed by atoms with Gasteiger partial charge in [0.1, 0.15) is 10.6 Å². The van der Waals surface area contributed by atoms with Gasteiger partial charge in [-0.15, -0.1) is 11.3 Å². The highest BCUT2D eigenvalue weighted by molar-refractivity contribution is 7.14. The number of carbonyl (C=O) groups excluding carboxylic acids is 2. The number of amides is 1. The first kappa shape index (κ1) is 16.5. The van der Waals surface area contributed by atoms with Crippen molar-refractivity contribution in [2.75, 3.05) is 12.4 Å². The third-order valence-corrected chi connectivity index (χ3v) is 5.18. The molecule has 1 aliphatic carbocycles. The van der Waals surface area contributed by atoms with Gasteiger partial charge in [-0.2, -0.15) is 0 Å². The maximum absolute atomic E-state index is 12.2. The number of esters is 1. The molecule has 126 valence electrons. The lowest BCUT2D eigenvalue weighted by molar-refractivity contribution is -0.123. The molecule has 1 aromatic heterocycles. The number of carbonyl (C=O) groups is 2. The van der Waals surface area contributed by atoms with Crippen molar-refractivity contribution in [3.05, 3.63) is 45.6 Å². The Labute approximate surface area is 144 Å². The summed E-state index contributed by atoms with van der Waals surface area (Å²) in [4.78, 5) is 26.3. The Hall–Kier alpha value is -2.34. The summed E-state index contributed by atoms with van der Waals surface area (Å²) in [5.41, 5.74) is 1.78. The van der Waals surface area contributed by atoms with Gasteiger partial charge in [-0.3, -0.25) is 4.79 Å². The summed E-state index contributed by atoms with van der Waals surface area (Å²) in [6, 6.07) is 8.98. The molecule has 0 aliphatic heterocycles. The largest absolute Gasteiger partial charge is 0.495 e. The van der Waals surface area contributed by atoms with Crippen molar-refractivity contribution in [2.45, 2.75) is 32.3 Å².